The summed E-state index contributed by atoms with van der Waals surface area (Å²) in [6, 6.07) is 14.3. The summed E-state index contributed by atoms with van der Waals surface area (Å²) in [6.07, 6.45) is -0.543. The van der Waals surface area contributed by atoms with E-state index in [0.717, 1.165) is 16.7 Å². The molecule has 20 heavy (non-hydrogen) atoms. The molecule has 2 rings (SSSR count). The maximum atomic E-state index is 12.9. The Morgan fingerprint density at radius 1 is 1.10 bits per heavy atom. The van der Waals surface area contributed by atoms with Crippen LogP contribution in [-0.2, 0) is 0 Å². The quantitative estimate of drug-likeness (QED) is 0.873. The van der Waals surface area contributed by atoms with Crippen molar-refractivity contribution in [2.24, 2.45) is 0 Å². The Morgan fingerprint density at radius 3 is 2.40 bits per heavy atom. The lowest BCUT2D eigenvalue weighted by Crippen LogP contribution is -2.25. The first-order valence-electron chi connectivity index (χ1n) is 6.80. The van der Waals surface area contributed by atoms with Crippen LogP contribution in [0, 0.1) is 12.7 Å². The Bertz CT molecular complexity index is 553. The predicted octanol–water partition coefficient (Wildman–Crippen LogP) is 3.52. The molecule has 0 aliphatic heterocycles. The number of aryl methyl sites for hydroxylation is 1. The van der Waals surface area contributed by atoms with Gasteiger partial charge in [-0.25, -0.2) is 4.39 Å². The van der Waals surface area contributed by atoms with Crippen molar-refractivity contribution >= 4 is 0 Å². The van der Waals surface area contributed by atoms with Crippen LogP contribution in [0.4, 0.5) is 4.39 Å². The maximum Gasteiger partial charge on any atom is 0.123 e. The summed E-state index contributed by atoms with van der Waals surface area (Å²) < 4.78 is 12.9. The fraction of sp³-hybridized carbons (Fsp3) is 0.294. The lowest BCUT2D eigenvalue weighted by Gasteiger charge is -2.19. The summed E-state index contributed by atoms with van der Waals surface area (Å²) in [5.74, 6) is -0.235. The first kappa shape index (κ1) is 14.7. The van der Waals surface area contributed by atoms with Gasteiger partial charge in [0.1, 0.15) is 5.82 Å². The highest BCUT2D eigenvalue weighted by atomic mass is 19.1. The molecule has 2 aromatic carbocycles. The molecular formula is C17H20FNO. The molecule has 2 nitrogen and oxygen atoms in total. The second kappa shape index (κ2) is 6.64. The molecule has 2 unspecified atom stereocenters. The van der Waals surface area contributed by atoms with Gasteiger partial charge in [-0.15, -0.1) is 0 Å². The van der Waals surface area contributed by atoms with Gasteiger partial charge in [0.25, 0.3) is 0 Å². The first-order chi connectivity index (χ1) is 9.58. The summed E-state index contributed by atoms with van der Waals surface area (Å²) in [7, 11) is 0. The predicted molar refractivity (Wildman–Crippen MR) is 79.0 cm³/mol. The minimum atomic E-state index is -0.543. The van der Waals surface area contributed by atoms with Crippen LogP contribution in [0.3, 0.4) is 0 Å². The normalized spacial score (nSPS) is 14.0. The van der Waals surface area contributed by atoms with Gasteiger partial charge in [0, 0.05) is 12.6 Å². The van der Waals surface area contributed by atoms with E-state index in [9.17, 15) is 9.50 Å². The van der Waals surface area contributed by atoms with Gasteiger partial charge in [0.2, 0.25) is 0 Å². The van der Waals surface area contributed by atoms with Gasteiger partial charge in [-0.2, -0.15) is 0 Å². The number of benzene rings is 2. The second-order valence-corrected chi connectivity index (χ2v) is 5.05. The van der Waals surface area contributed by atoms with E-state index in [1.807, 2.05) is 38.1 Å². The minimum absolute atomic E-state index is 0.0641. The van der Waals surface area contributed by atoms with Crippen LogP contribution in [0.2, 0.25) is 0 Å². The van der Waals surface area contributed by atoms with Crippen LogP contribution in [0.25, 0.3) is 0 Å². The smallest absolute Gasteiger partial charge is 0.123 e. The van der Waals surface area contributed by atoms with Crippen molar-refractivity contribution in [1.29, 1.82) is 0 Å². The zero-order chi connectivity index (χ0) is 14.5. The van der Waals surface area contributed by atoms with Gasteiger partial charge >= 0.3 is 0 Å². The SMILES string of the molecule is Cc1ccccc1C(O)CNC(C)c1ccc(F)cc1. The zero-order valence-corrected chi connectivity index (χ0v) is 11.8. The summed E-state index contributed by atoms with van der Waals surface area (Å²) in [5, 5.41) is 13.5. The minimum Gasteiger partial charge on any atom is -0.387 e. The molecule has 0 bridgehead atoms. The van der Waals surface area contributed by atoms with Gasteiger partial charge in [-0.3, -0.25) is 0 Å². The fourth-order valence-electron chi connectivity index (χ4n) is 2.23. The molecule has 3 heteroatoms. The molecule has 0 saturated heterocycles. The van der Waals surface area contributed by atoms with Crippen molar-refractivity contribution in [3.8, 4) is 0 Å². The highest BCUT2D eigenvalue weighted by Gasteiger charge is 2.12. The van der Waals surface area contributed by atoms with Crippen LogP contribution in [-0.4, -0.2) is 11.7 Å². The Hall–Kier alpha value is -1.71. The molecule has 0 fully saturated rings. The van der Waals surface area contributed by atoms with Crippen LogP contribution in [0.15, 0.2) is 48.5 Å². The van der Waals surface area contributed by atoms with E-state index in [1.54, 1.807) is 12.1 Å². The largest absolute Gasteiger partial charge is 0.387 e. The number of aliphatic hydroxyl groups is 1. The lowest BCUT2D eigenvalue weighted by molar-refractivity contribution is 0.170. The third-order valence-corrected chi connectivity index (χ3v) is 3.53. The second-order valence-electron chi connectivity index (χ2n) is 5.05. The standard InChI is InChI=1S/C17H20FNO/c1-12-5-3-4-6-16(12)17(20)11-19-13(2)14-7-9-15(18)10-8-14/h3-10,13,17,19-20H,11H2,1-2H3. The molecule has 0 saturated carbocycles. The number of rotatable bonds is 5. The Morgan fingerprint density at radius 2 is 1.75 bits per heavy atom. The molecule has 106 valence electrons. The van der Waals surface area contributed by atoms with Gasteiger partial charge in [0.05, 0.1) is 6.10 Å². The molecule has 0 amide bonds. The molecule has 0 aromatic heterocycles. The van der Waals surface area contributed by atoms with E-state index in [0.29, 0.717) is 6.54 Å². The Labute approximate surface area is 119 Å². The number of aliphatic hydroxyl groups excluding tert-OH is 1. The average Bonchev–Trinajstić information content (AvgIpc) is 2.45. The summed E-state index contributed by atoms with van der Waals surface area (Å²) in [5.41, 5.74) is 3.02. The van der Waals surface area contributed by atoms with Crippen molar-refractivity contribution in [2.45, 2.75) is 26.0 Å². The number of hydrogen-bond donors (Lipinski definition) is 2. The van der Waals surface area contributed by atoms with E-state index in [-0.39, 0.29) is 11.9 Å². The van der Waals surface area contributed by atoms with Crippen molar-refractivity contribution in [3.63, 3.8) is 0 Å². The highest BCUT2D eigenvalue weighted by molar-refractivity contribution is 5.28. The molecule has 2 aromatic rings. The van der Waals surface area contributed by atoms with Crippen LogP contribution >= 0.6 is 0 Å². The molecule has 0 aliphatic rings. The van der Waals surface area contributed by atoms with Crippen molar-refractivity contribution in [2.75, 3.05) is 6.54 Å². The third kappa shape index (κ3) is 3.65. The third-order valence-electron chi connectivity index (χ3n) is 3.53. The van der Waals surface area contributed by atoms with Crippen molar-refractivity contribution in [1.82, 2.24) is 5.32 Å². The molecular weight excluding hydrogens is 253 g/mol. The number of hydrogen-bond acceptors (Lipinski definition) is 2. The number of nitrogens with one attached hydrogen (secondary N) is 1. The first-order valence-corrected chi connectivity index (χ1v) is 6.80. The van der Waals surface area contributed by atoms with Crippen LogP contribution < -0.4 is 5.32 Å². The zero-order valence-electron chi connectivity index (χ0n) is 11.8. The van der Waals surface area contributed by atoms with E-state index >= 15 is 0 Å². The van der Waals surface area contributed by atoms with E-state index in [4.69, 9.17) is 0 Å². The monoisotopic (exact) mass is 273 g/mol. The fourth-order valence-corrected chi connectivity index (χ4v) is 2.23. The Balaban J connectivity index is 1.95. The molecule has 0 heterocycles. The molecule has 0 spiro atoms. The number of halogens is 1. The molecule has 0 radical (unpaired) electrons. The van der Waals surface area contributed by atoms with Crippen molar-refractivity contribution < 1.29 is 9.50 Å². The van der Waals surface area contributed by atoms with Gasteiger partial charge in [-0.1, -0.05) is 36.4 Å². The molecule has 2 atom stereocenters. The Kier molecular flexibility index (Phi) is 4.88. The van der Waals surface area contributed by atoms with E-state index in [1.165, 1.54) is 12.1 Å². The lowest BCUT2D eigenvalue weighted by atomic mass is 10.0. The van der Waals surface area contributed by atoms with E-state index < -0.39 is 6.10 Å². The summed E-state index contributed by atoms with van der Waals surface area (Å²) in [6.45, 7) is 4.45. The maximum absolute atomic E-state index is 12.9. The summed E-state index contributed by atoms with van der Waals surface area (Å²) in [4.78, 5) is 0. The average molecular weight is 273 g/mol. The van der Waals surface area contributed by atoms with Crippen molar-refractivity contribution in [3.05, 3.63) is 71.0 Å². The molecule has 2 N–H and O–H groups in total. The van der Waals surface area contributed by atoms with E-state index in [2.05, 4.69) is 5.32 Å². The molecule has 0 aliphatic carbocycles. The van der Waals surface area contributed by atoms with Gasteiger partial charge in [0.15, 0.2) is 0 Å². The summed E-state index contributed by atoms with van der Waals surface area (Å²) >= 11 is 0. The van der Waals surface area contributed by atoms with Gasteiger partial charge < -0.3 is 10.4 Å². The topological polar surface area (TPSA) is 32.3 Å². The highest BCUT2D eigenvalue weighted by Crippen LogP contribution is 2.18. The van der Waals surface area contributed by atoms with Gasteiger partial charge in [-0.05, 0) is 42.7 Å². The van der Waals surface area contributed by atoms with Crippen LogP contribution in [0.5, 0.6) is 0 Å². The van der Waals surface area contributed by atoms with Crippen LogP contribution in [0.1, 0.15) is 35.8 Å².